The summed E-state index contributed by atoms with van der Waals surface area (Å²) in [5, 5.41) is 10.1. The van der Waals surface area contributed by atoms with Gasteiger partial charge in [0.2, 0.25) is 0 Å². The van der Waals surface area contributed by atoms with Gasteiger partial charge < -0.3 is 9.47 Å². The highest BCUT2D eigenvalue weighted by Gasteiger charge is 2.05. The number of H-pyrrole nitrogens is 1. The molecule has 2 N–H and O–H groups in total. The molecule has 1 aromatic carbocycles. The number of aromatic amines is 1. The molecule has 0 aliphatic rings. The number of ether oxygens (including phenoxy) is 2. The average Bonchev–Trinajstić information content (AvgIpc) is 2.62. The minimum absolute atomic E-state index is 0.308. The minimum atomic E-state index is -0.533. The number of unbranched alkanes of at least 4 members (excludes halogenated alkanes) is 2. The summed E-state index contributed by atoms with van der Waals surface area (Å²) in [5.74, 6) is 1.66. The van der Waals surface area contributed by atoms with E-state index in [1.807, 2.05) is 18.2 Å². The Morgan fingerprint density at radius 3 is 2.92 bits per heavy atom. The van der Waals surface area contributed by atoms with E-state index in [1.54, 1.807) is 20.2 Å². The van der Waals surface area contributed by atoms with Crippen molar-refractivity contribution >= 4 is 12.0 Å². The summed E-state index contributed by atoms with van der Waals surface area (Å²) in [6.07, 6.45) is 4.92. The lowest BCUT2D eigenvalue weighted by atomic mass is 10.2. The third kappa shape index (κ3) is 5.59. The molecule has 8 nitrogen and oxygen atoms in total. The van der Waals surface area contributed by atoms with Crippen LogP contribution in [0.4, 0.5) is 5.82 Å². The number of nitrogens with zero attached hydrogens (tertiary/aromatic N) is 3. The Kier molecular flexibility index (Phi) is 6.94. The van der Waals surface area contributed by atoms with Crippen LogP contribution >= 0.6 is 0 Å². The quantitative estimate of drug-likeness (QED) is 0.411. The number of hydrogen-bond acceptors (Lipinski definition) is 7. The first kappa shape index (κ1) is 18.4. The van der Waals surface area contributed by atoms with Crippen molar-refractivity contribution in [3.8, 4) is 11.5 Å². The van der Waals surface area contributed by atoms with Crippen molar-refractivity contribution in [1.29, 1.82) is 0 Å². The highest BCUT2D eigenvalue weighted by atomic mass is 16.5. The van der Waals surface area contributed by atoms with Crippen LogP contribution in [-0.4, -0.2) is 35.1 Å². The number of aryl methyl sites for hydroxylation is 1. The Morgan fingerprint density at radius 2 is 2.16 bits per heavy atom. The number of rotatable bonds is 9. The topological polar surface area (TPSA) is 101 Å². The van der Waals surface area contributed by atoms with Gasteiger partial charge in [0, 0.05) is 0 Å². The van der Waals surface area contributed by atoms with E-state index in [0.29, 0.717) is 29.6 Å². The molecule has 2 rings (SSSR count). The second-order valence-electron chi connectivity index (χ2n) is 5.41. The number of hydrogen-bond donors (Lipinski definition) is 2. The summed E-state index contributed by atoms with van der Waals surface area (Å²) in [6.45, 7) is 4.54. The molecular formula is C17H23N5O3. The van der Waals surface area contributed by atoms with E-state index in [-0.39, 0.29) is 0 Å². The molecular weight excluding hydrogens is 322 g/mol. The van der Waals surface area contributed by atoms with Crippen LogP contribution in [-0.2, 0) is 0 Å². The fraction of sp³-hybridized carbons (Fsp3) is 0.412. The van der Waals surface area contributed by atoms with Gasteiger partial charge in [0.25, 0.3) is 0 Å². The molecule has 0 atom stereocenters. The molecule has 0 radical (unpaired) electrons. The second-order valence-corrected chi connectivity index (χ2v) is 5.41. The molecule has 25 heavy (non-hydrogen) atoms. The highest BCUT2D eigenvalue weighted by Crippen LogP contribution is 2.27. The first-order chi connectivity index (χ1) is 12.1. The molecule has 0 bridgehead atoms. The molecule has 1 heterocycles. The number of benzene rings is 1. The summed E-state index contributed by atoms with van der Waals surface area (Å²) in [7, 11) is 1.60. The number of nitrogens with one attached hydrogen (secondary N) is 2. The normalized spacial score (nSPS) is 10.8. The summed E-state index contributed by atoms with van der Waals surface area (Å²) in [5.41, 5.74) is 3.54. The molecule has 0 saturated carbocycles. The van der Waals surface area contributed by atoms with E-state index >= 15 is 0 Å². The summed E-state index contributed by atoms with van der Waals surface area (Å²) in [4.78, 5) is 14.9. The van der Waals surface area contributed by atoms with Crippen LogP contribution < -0.4 is 20.6 Å². The predicted octanol–water partition coefficient (Wildman–Crippen LogP) is 2.50. The molecule has 0 saturated heterocycles. The van der Waals surface area contributed by atoms with Gasteiger partial charge in [-0.3, -0.25) is 5.43 Å². The van der Waals surface area contributed by atoms with Crippen LogP contribution in [0.15, 0.2) is 28.1 Å². The third-order valence-corrected chi connectivity index (χ3v) is 3.45. The molecule has 2 aromatic rings. The fourth-order valence-corrected chi connectivity index (χ4v) is 2.08. The van der Waals surface area contributed by atoms with Gasteiger partial charge in [-0.05, 0) is 37.1 Å². The summed E-state index contributed by atoms with van der Waals surface area (Å²) >= 11 is 0. The molecule has 0 fully saturated rings. The van der Waals surface area contributed by atoms with Gasteiger partial charge in [0.15, 0.2) is 17.3 Å². The number of anilines is 1. The van der Waals surface area contributed by atoms with Crippen molar-refractivity contribution in [1.82, 2.24) is 15.2 Å². The third-order valence-electron chi connectivity index (χ3n) is 3.45. The van der Waals surface area contributed by atoms with E-state index in [0.717, 1.165) is 24.8 Å². The van der Waals surface area contributed by atoms with Gasteiger partial charge in [-0.15, -0.1) is 0 Å². The Labute approximate surface area is 146 Å². The van der Waals surface area contributed by atoms with Crippen molar-refractivity contribution in [2.24, 2.45) is 5.10 Å². The van der Waals surface area contributed by atoms with Crippen LogP contribution in [0.2, 0.25) is 0 Å². The SMILES string of the molecule is CCCCCOc1ccc(/C=N\Nc2nc(=O)[nH]nc2C)cc1OC. The monoisotopic (exact) mass is 345 g/mol. The van der Waals surface area contributed by atoms with E-state index < -0.39 is 5.69 Å². The summed E-state index contributed by atoms with van der Waals surface area (Å²) < 4.78 is 11.1. The smallest absolute Gasteiger partial charge is 0.363 e. The molecule has 0 spiro atoms. The molecule has 0 amide bonds. The minimum Gasteiger partial charge on any atom is -0.493 e. The second kappa shape index (κ2) is 9.41. The molecule has 8 heteroatoms. The number of methoxy groups -OCH3 is 1. The molecule has 134 valence electrons. The van der Waals surface area contributed by atoms with Gasteiger partial charge in [-0.1, -0.05) is 19.8 Å². The molecule has 1 aromatic heterocycles. The highest BCUT2D eigenvalue weighted by molar-refractivity contribution is 5.81. The molecule has 0 unspecified atom stereocenters. The Bertz CT molecular complexity index is 773. The van der Waals surface area contributed by atoms with Crippen LogP contribution in [0.1, 0.15) is 37.4 Å². The van der Waals surface area contributed by atoms with Crippen LogP contribution in [0, 0.1) is 6.92 Å². The van der Waals surface area contributed by atoms with Gasteiger partial charge in [-0.2, -0.15) is 15.2 Å². The van der Waals surface area contributed by atoms with Crippen molar-refractivity contribution in [3.05, 3.63) is 39.9 Å². The maximum absolute atomic E-state index is 11.2. The largest absolute Gasteiger partial charge is 0.493 e. The predicted molar refractivity (Wildman–Crippen MR) is 96.6 cm³/mol. The van der Waals surface area contributed by atoms with Gasteiger partial charge >= 0.3 is 5.69 Å². The fourth-order valence-electron chi connectivity index (χ4n) is 2.08. The zero-order chi connectivity index (χ0) is 18.1. The first-order valence-corrected chi connectivity index (χ1v) is 8.17. The van der Waals surface area contributed by atoms with E-state index in [1.165, 1.54) is 0 Å². The van der Waals surface area contributed by atoms with Crippen molar-refractivity contribution in [3.63, 3.8) is 0 Å². The summed E-state index contributed by atoms with van der Waals surface area (Å²) in [6, 6.07) is 5.56. The van der Waals surface area contributed by atoms with E-state index in [4.69, 9.17) is 9.47 Å². The van der Waals surface area contributed by atoms with Gasteiger partial charge in [-0.25, -0.2) is 9.89 Å². The zero-order valence-electron chi connectivity index (χ0n) is 14.7. The lowest BCUT2D eigenvalue weighted by Crippen LogP contribution is -2.15. The van der Waals surface area contributed by atoms with E-state index in [2.05, 4.69) is 32.6 Å². The Morgan fingerprint density at radius 1 is 1.32 bits per heavy atom. The Balaban J connectivity index is 2.02. The van der Waals surface area contributed by atoms with Crippen molar-refractivity contribution < 1.29 is 9.47 Å². The van der Waals surface area contributed by atoms with E-state index in [9.17, 15) is 4.79 Å². The number of aromatic nitrogens is 3. The Hall–Kier alpha value is -2.90. The maximum atomic E-state index is 11.2. The van der Waals surface area contributed by atoms with Crippen molar-refractivity contribution in [2.45, 2.75) is 33.1 Å². The van der Waals surface area contributed by atoms with Crippen LogP contribution in [0.25, 0.3) is 0 Å². The molecule has 0 aliphatic carbocycles. The van der Waals surface area contributed by atoms with Crippen molar-refractivity contribution in [2.75, 3.05) is 19.1 Å². The first-order valence-electron chi connectivity index (χ1n) is 8.17. The van der Waals surface area contributed by atoms with Gasteiger partial charge in [0.05, 0.1) is 19.9 Å². The van der Waals surface area contributed by atoms with Crippen LogP contribution in [0.5, 0.6) is 11.5 Å². The zero-order valence-corrected chi connectivity index (χ0v) is 14.7. The standard InChI is InChI=1S/C17H23N5O3/c1-4-5-6-9-25-14-8-7-13(10-15(14)24-3)11-18-21-16-12(2)20-22-17(23)19-16/h7-8,10-11H,4-6,9H2,1-3H3,(H2,19,21,22,23)/b18-11-. The van der Waals surface area contributed by atoms with Crippen LogP contribution in [0.3, 0.4) is 0 Å². The van der Waals surface area contributed by atoms with Gasteiger partial charge in [0.1, 0.15) is 5.69 Å². The number of hydrazone groups is 1. The molecule has 0 aliphatic heterocycles. The maximum Gasteiger partial charge on any atom is 0.363 e. The average molecular weight is 345 g/mol. The lowest BCUT2D eigenvalue weighted by molar-refractivity contribution is 0.286. The lowest BCUT2D eigenvalue weighted by Gasteiger charge is -2.11.